The zero-order valence-electron chi connectivity index (χ0n) is 16.9. The van der Waals surface area contributed by atoms with Crippen LogP contribution in [0.3, 0.4) is 0 Å². The van der Waals surface area contributed by atoms with E-state index in [1.54, 1.807) is 11.8 Å². The molecule has 2 fully saturated rings. The minimum Gasteiger partial charge on any atom is -0.338 e. The third kappa shape index (κ3) is 4.67. The molecule has 4 nitrogen and oxygen atoms in total. The Morgan fingerprint density at radius 3 is 2.59 bits per heavy atom. The second-order valence-electron chi connectivity index (χ2n) is 8.11. The lowest BCUT2D eigenvalue weighted by Gasteiger charge is -2.31. The lowest BCUT2D eigenvalue weighted by Crippen LogP contribution is -2.39. The number of hydrogen-bond donors (Lipinski definition) is 0. The number of carbonyl (C=O) groups is 2. The highest BCUT2D eigenvalue weighted by Crippen LogP contribution is 2.38. The topological polar surface area (TPSA) is 40.6 Å². The van der Waals surface area contributed by atoms with E-state index in [9.17, 15) is 9.59 Å². The third-order valence-electron chi connectivity index (χ3n) is 5.84. The fourth-order valence-corrected chi connectivity index (χ4v) is 5.43. The lowest BCUT2D eigenvalue weighted by molar-refractivity contribution is -0.128. The van der Waals surface area contributed by atoms with Crippen molar-refractivity contribution in [2.24, 2.45) is 5.92 Å². The van der Waals surface area contributed by atoms with Crippen LogP contribution in [-0.2, 0) is 11.2 Å². The molecule has 5 heteroatoms. The average molecular weight is 409 g/mol. The molecule has 0 N–H and O–H groups in total. The summed E-state index contributed by atoms with van der Waals surface area (Å²) in [5.74, 6) is 1.41. The number of rotatable bonds is 5. The van der Waals surface area contributed by atoms with Crippen LogP contribution >= 0.6 is 11.8 Å². The molecule has 2 amide bonds. The highest BCUT2D eigenvalue weighted by atomic mass is 32.2. The first-order valence-corrected chi connectivity index (χ1v) is 11.5. The van der Waals surface area contributed by atoms with Crippen molar-refractivity contribution < 1.29 is 9.59 Å². The van der Waals surface area contributed by atoms with Gasteiger partial charge in [-0.3, -0.25) is 9.59 Å². The first-order valence-electron chi connectivity index (χ1n) is 10.5. The number of amides is 2. The van der Waals surface area contributed by atoms with Crippen molar-refractivity contribution in [2.45, 2.75) is 31.6 Å². The molecule has 2 saturated heterocycles. The maximum Gasteiger partial charge on any atom is 0.253 e. The smallest absolute Gasteiger partial charge is 0.253 e. The van der Waals surface area contributed by atoms with Crippen molar-refractivity contribution in [1.82, 2.24) is 9.80 Å². The first kappa shape index (κ1) is 20.0. The molecule has 152 valence electrons. The average Bonchev–Trinajstić information content (AvgIpc) is 3.13. The Bertz CT molecular complexity index is 853. The molecule has 2 heterocycles. The maximum absolute atomic E-state index is 12.8. The van der Waals surface area contributed by atoms with Crippen molar-refractivity contribution in [2.75, 3.05) is 25.4 Å². The predicted molar refractivity (Wildman–Crippen MR) is 118 cm³/mol. The Morgan fingerprint density at radius 2 is 1.86 bits per heavy atom. The van der Waals surface area contributed by atoms with E-state index in [-0.39, 0.29) is 17.2 Å². The van der Waals surface area contributed by atoms with E-state index in [4.69, 9.17) is 0 Å². The Morgan fingerprint density at radius 1 is 1.10 bits per heavy atom. The molecule has 2 aliphatic heterocycles. The number of carbonyl (C=O) groups excluding carboxylic acids is 2. The van der Waals surface area contributed by atoms with Crippen LogP contribution in [0.25, 0.3) is 0 Å². The van der Waals surface area contributed by atoms with Crippen LogP contribution in [0.5, 0.6) is 0 Å². The summed E-state index contributed by atoms with van der Waals surface area (Å²) in [5, 5.41) is 0.0328. The molecule has 0 saturated carbocycles. The van der Waals surface area contributed by atoms with Gasteiger partial charge in [0.05, 0.1) is 5.75 Å². The van der Waals surface area contributed by atoms with Gasteiger partial charge in [0.1, 0.15) is 5.37 Å². The molecular weight excluding hydrogens is 380 g/mol. The van der Waals surface area contributed by atoms with E-state index in [2.05, 4.69) is 19.1 Å². The fourth-order valence-electron chi connectivity index (χ4n) is 4.21. The molecule has 0 aromatic heterocycles. The molecule has 4 rings (SSSR count). The second-order valence-corrected chi connectivity index (χ2v) is 9.18. The van der Waals surface area contributed by atoms with E-state index in [1.807, 2.05) is 52.3 Å². The zero-order chi connectivity index (χ0) is 20.2. The van der Waals surface area contributed by atoms with Gasteiger partial charge in [-0.1, -0.05) is 49.4 Å². The number of likely N-dealkylation sites (tertiary alicyclic amines) is 1. The van der Waals surface area contributed by atoms with Crippen LogP contribution in [0, 0.1) is 5.92 Å². The summed E-state index contributed by atoms with van der Waals surface area (Å²) in [6.45, 7) is 4.62. The van der Waals surface area contributed by atoms with Gasteiger partial charge in [0.25, 0.3) is 5.91 Å². The summed E-state index contributed by atoms with van der Waals surface area (Å²) in [6, 6.07) is 18.2. The highest BCUT2D eigenvalue weighted by molar-refractivity contribution is 8.00. The Balaban J connectivity index is 1.43. The Labute approximate surface area is 177 Å². The van der Waals surface area contributed by atoms with Gasteiger partial charge in [-0.25, -0.2) is 0 Å². The zero-order valence-corrected chi connectivity index (χ0v) is 17.7. The quantitative estimate of drug-likeness (QED) is 0.737. The Kier molecular flexibility index (Phi) is 6.24. The molecule has 0 unspecified atom stereocenters. The number of piperidine rings is 1. The standard InChI is InChI=1S/C24H28N2O2S/c1-18-6-5-14-25(16-18)23(28)20-9-11-21(12-10-20)24-26(22(27)17-29-24)15-13-19-7-3-2-4-8-19/h2-4,7-12,18,24H,5-6,13-17H2,1H3/t18-,24+/m1/s1. The van der Waals surface area contributed by atoms with Crippen LogP contribution in [0.4, 0.5) is 0 Å². The van der Waals surface area contributed by atoms with Gasteiger partial charge in [-0.05, 0) is 48.4 Å². The van der Waals surface area contributed by atoms with E-state index >= 15 is 0 Å². The monoisotopic (exact) mass is 408 g/mol. The number of nitrogens with zero attached hydrogens (tertiary/aromatic N) is 2. The van der Waals surface area contributed by atoms with Gasteiger partial charge in [0, 0.05) is 25.2 Å². The van der Waals surface area contributed by atoms with Gasteiger partial charge in [0.2, 0.25) is 5.91 Å². The maximum atomic E-state index is 12.8. The van der Waals surface area contributed by atoms with E-state index in [0.717, 1.165) is 37.1 Å². The molecule has 0 aliphatic carbocycles. The van der Waals surface area contributed by atoms with Crippen LogP contribution < -0.4 is 0 Å². The summed E-state index contributed by atoms with van der Waals surface area (Å²) < 4.78 is 0. The van der Waals surface area contributed by atoms with Crippen molar-refractivity contribution in [3.8, 4) is 0 Å². The first-order chi connectivity index (χ1) is 14.1. The van der Waals surface area contributed by atoms with Gasteiger partial charge >= 0.3 is 0 Å². The molecule has 2 aromatic rings. The van der Waals surface area contributed by atoms with E-state index in [0.29, 0.717) is 18.2 Å². The lowest BCUT2D eigenvalue weighted by atomic mass is 9.99. The van der Waals surface area contributed by atoms with Gasteiger partial charge in [-0.15, -0.1) is 11.8 Å². The summed E-state index contributed by atoms with van der Waals surface area (Å²) in [4.78, 5) is 29.2. The van der Waals surface area contributed by atoms with E-state index in [1.165, 1.54) is 12.0 Å². The van der Waals surface area contributed by atoms with Gasteiger partial charge in [0.15, 0.2) is 0 Å². The molecule has 29 heavy (non-hydrogen) atoms. The highest BCUT2D eigenvalue weighted by Gasteiger charge is 2.32. The summed E-state index contributed by atoms with van der Waals surface area (Å²) in [7, 11) is 0. The van der Waals surface area contributed by atoms with Crippen molar-refractivity contribution in [1.29, 1.82) is 0 Å². The van der Waals surface area contributed by atoms with Crippen LogP contribution in [-0.4, -0.2) is 47.0 Å². The van der Waals surface area contributed by atoms with Crippen molar-refractivity contribution >= 4 is 23.6 Å². The van der Waals surface area contributed by atoms with E-state index < -0.39 is 0 Å². The largest absolute Gasteiger partial charge is 0.338 e. The second kappa shape index (κ2) is 9.04. The summed E-state index contributed by atoms with van der Waals surface area (Å²) in [6.07, 6.45) is 3.14. The van der Waals surface area contributed by atoms with Crippen molar-refractivity contribution in [3.63, 3.8) is 0 Å². The van der Waals surface area contributed by atoms with Gasteiger partial charge in [-0.2, -0.15) is 0 Å². The van der Waals surface area contributed by atoms with Crippen LogP contribution in [0.2, 0.25) is 0 Å². The fraction of sp³-hybridized carbons (Fsp3) is 0.417. The SMILES string of the molecule is C[C@@H]1CCCN(C(=O)c2ccc([C@@H]3SCC(=O)N3CCc3ccccc3)cc2)C1. The van der Waals surface area contributed by atoms with Crippen LogP contribution in [0.1, 0.15) is 46.6 Å². The number of hydrogen-bond acceptors (Lipinski definition) is 3. The molecule has 0 radical (unpaired) electrons. The number of benzene rings is 2. The molecular formula is C24H28N2O2S. The summed E-state index contributed by atoms with van der Waals surface area (Å²) in [5.41, 5.74) is 3.08. The molecule has 0 spiro atoms. The molecule has 2 aromatic carbocycles. The van der Waals surface area contributed by atoms with Gasteiger partial charge < -0.3 is 9.80 Å². The normalized spacial score (nSPS) is 22.2. The molecule has 2 aliphatic rings. The Hall–Kier alpha value is -2.27. The minimum atomic E-state index is 0.0328. The predicted octanol–water partition coefficient (Wildman–Crippen LogP) is 4.38. The third-order valence-corrected chi connectivity index (χ3v) is 7.10. The van der Waals surface area contributed by atoms with Crippen LogP contribution in [0.15, 0.2) is 54.6 Å². The number of thioether (sulfide) groups is 1. The summed E-state index contributed by atoms with van der Waals surface area (Å²) >= 11 is 1.67. The molecule has 2 atom stereocenters. The minimum absolute atomic E-state index is 0.0328. The van der Waals surface area contributed by atoms with Crippen molar-refractivity contribution in [3.05, 3.63) is 71.3 Å². The molecule has 0 bridgehead atoms.